The Labute approximate surface area is 142 Å². The van der Waals surface area contributed by atoms with Crippen LogP contribution in [0, 0.1) is 19.8 Å². The molecule has 0 unspecified atom stereocenters. The van der Waals surface area contributed by atoms with Crippen LogP contribution < -0.4 is 0 Å². The maximum absolute atomic E-state index is 12.1. The fourth-order valence-electron chi connectivity index (χ4n) is 2.48. The first-order valence-electron chi connectivity index (χ1n) is 7.80. The molecule has 1 aromatic heterocycles. The van der Waals surface area contributed by atoms with E-state index in [2.05, 4.69) is 18.9 Å². The average Bonchev–Trinajstić information content (AvgIpc) is 2.73. The zero-order chi connectivity index (χ0) is 17.0. The van der Waals surface area contributed by atoms with Crippen LogP contribution in [-0.2, 0) is 29.1 Å². The first-order chi connectivity index (χ1) is 10.9. The van der Waals surface area contributed by atoms with Crippen molar-refractivity contribution in [1.29, 1.82) is 0 Å². The number of nitrogens with zero attached hydrogens (tertiary/aromatic N) is 2. The molecule has 0 aliphatic carbocycles. The maximum Gasteiger partial charge on any atom is 0.310 e. The van der Waals surface area contributed by atoms with Gasteiger partial charge in [0.2, 0.25) is 0 Å². The van der Waals surface area contributed by atoms with Gasteiger partial charge in [-0.2, -0.15) is 5.10 Å². The van der Waals surface area contributed by atoms with E-state index < -0.39 is 0 Å². The van der Waals surface area contributed by atoms with Crippen molar-refractivity contribution in [2.24, 2.45) is 5.92 Å². The van der Waals surface area contributed by atoms with E-state index in [-0.39, 0.29) is 19.0 Å². The molecule has 0 aliphatic rings. The monoisotopic (exact) mass is 334 g/mol. The molecule has 0 bridgehead atoms. The number of carbonyl (C=O) groups excluding carboxylic acids is 1. The van der Waals surface area contributed by atoms with Gasteiger partial charge in [-0.05, 0) is 25.8 Å². The van der Waals surface area contributed by atoms with Gasteiger partial charge in [-0.15, -0.1) is 0 Å². The van der Waals surface area contributed by atoms with E-state index in [1.54, 1.807) is 6.07 Å². The van der Waals surface area contributed by atoms with Crippen LogP contribution in [0.25, 0.3) is 0 Å². The Kier molecular flexibility index (Phi) is 5.83. The molecule has 0 aliphatic heterocycles. The van der Waals surface area contributed by atoms with E-state index in [4.69, 9.17) is 16.3 Å². The summed E-state index contributed by atoms with van der Waals surface area (Å²) in [5, 5.41) is 5.13. The molecule has 23 heavy (non-hydrogen) atoms. The molecular weight excluding hydrogens is 312 g/mol. The van der Waals surface area contributed by atoms with Crippen LogP contribution in [0.5, 0.6) is 0 Å². The predicted molar refractivity (Wildman–Crippen MR) is 91.5 cm³/mol. The Morgan fingerprint density at radius 2 is 2.00 bits per heavy atom. The van der Waals surface area contributed by atoms with Crippen LogP contribution in [0.2, 0.25) is 5.02 Å². The van der Waals surface area contributed by atoms with Crippen LogP contribution in [0.4, 0.5) is 0 Å². The molecule has 0 amide bonds. The molecular formula is C18H23ClN2O2. The summed E-state index contributed by atoms with van der Waals surface area (Å²) in [5.41, 5.74) is 3.69. The first kappa shape index (κ1) is 17.5. The van der Waals surface area contributed by atoms with Crippen LogP contribution in [0.15, 0.2) is 24.3 Å². The summed E-state index contributed by atoms with van der Waals surface area (Å²) >= 11 is 6.07. The Morgan fingerprint density at radius 3 is 2.65 bits per heavy atom. The largest absolute Gasteiger partial charge is 0.460 e. The van der Waals surface area contributed by atoms with E-state index in [9.17, 15) is 4.79 Å². The van der Waals surface area contributed by atoms with Gasteiger partial charge in [0.15, 0.2) is 0 Å². The average molecular weight is 335 g/mol. The van der Waals surface area contributed by atoms with E-state index in [0.717, 1.165) is 29.1 Å². The van der Waals surface area contributed by atoms with Gasteiger partial charge in [0.05, 0.1) is 12.1 Å². The SMILES string of the molecule is Cc1nn(CC(C)C)c(C)c1CC(=O)OCc1ccccc1Cl. The lowest BCUT2D eigenvalue weighted by atomic mass is 10.1. The minimum absolute atomic E-state index is 0.191. The molecule has 0 saturated carbocycles. The summed E-state index contributed by atoms with van der Waals surface area (Å²) in [5.74, 6) is 0.244. The summed E-state index contributed by atoms with van der Waals surface area (Å²) in [6, 6.07) is 7.37. The Bertz CT molecular complexity index is 692. The van der Waals surface area contributed by atoms with Crippen molar-refractivity contribution in [2.75, 3.05) is 0 Å². The summed E-state index contributed by atoms with van der Waals surface area (Å²) in [6.07, 6.45) is 0.236. The van der Waals surface area contributed by atoms with Crippen molar-refractivity contribution in [3.05, 3.63) is 51.8 Å². The van der Waals surface area contributed by atoms with Gasteiger partial charge in [-0.3, -0.25) is 9.48 Å². The summed E-state index contributed by atoms with van der Waals surface area (Å²) in [4.78, 5) is 12.1. The molecule has 0 atom stereocenters. The number of ether oxygens (including phenoxy) is 1. The lowest BCUT2D eigenvalue weighted by Crippen LogP contribution is -2.11. The quantitative estimate of drug-likeness (QED) is 0.747. The summed E-state index contributed by atoms with van der Waals surface area (Å²) < 4.78 is 7.32. The highest BCUT2D eigenvalue weighted by Crippen LogP contribution is 2.18. The highest BCUT2D eigenvalue weighted by Gasteiger charge is 2.16. The van der Waals surface area contributed by atoms with Crippen molar-refractivity contribution < 1.29 is 9.53 Å². The first-order valence-corrected chi connectivity index (χ1v) is 8.18. The fourth-order valence-corrected chi connectivity index (χ4v) is 2.67. The normalized spacial score (nSPS) is 11.0. The van der Waals surface area contributed by atoms with Crippen molar-refractivity contribution in [3.8, 4) is 0 Å². The van der Waals surface area contributed by atoms with Gasteiger partial charge in [0.1, 0.15) is 6.61 Å². The molecule has 0 spiro atoms. The van der Waals surface area contributed by atoms with Crippen molar-refractivity contribution in [3.63, 3.8) is 0 Å². The minimum Gasteiger partial charge on any atom is -0.460 e. The lowest BCUT2D eigenvalue weighted by Gasteiger charge is -2.08. The van der Waals surface area contributed by atoms with E-state index in [1.165, 1.54) is 0 Å². The van der Waals surface area contributed by atoms with Gasteiger partial charge in [-0.25, -0.2) is 0 Å². The second-order valence-electron chi connectivity index (χ2n) is 6.15. The van der Waals surface area contributed by atoms with Gasteiger partial charge in [0.25, 0.3) is 0 Å². The van der Waals surface area contributed by atoms with E-state index >= 15 is 0 Å². The molecule has 1 aromatic carbocycles. The Morgan fingerprint density at radius 1 is 1.30 bits per heavy atom. The topological polar surface area (TPSA) is 44.1 Å². The van der Waals surface area contributed by atoms with E-state index in [0.29, 0.717) is 10.9 Å². The number of aryl methyl sites for hydroxylation is 1. The second-order valence-corrected chi connectivity index (χ2v) is 6.56. The zero-order valence-corrected chi connectivity index (χ0v) is 14.9. The summed E-state index contributed by atoms with van der Waals surface area (Å²) in [6.45, 7) is 9.26. The molecule has 5 heteroatoms. The van der Waals surface area contributed by atoms with Gasteiger partial charge >= 0.3 is 5.97 Å². The molecule has 1 heterocycles. The van der Waals surface area contributed by atoms with E-state index in [1.807, 2.05) is 36.7 Å². The second kappa shape index (κ2) is 7.64. The molecule has 0 fully saturated rings. The number of esters is 1. The molecule has 0 N–H and O–H groups in total. The molecule has 2 rings (SSSR count). The van der Waals surface area contributed by atoms with Crippen LogP contribution in [-0.4, -0.2) is 15.7 Å². The highest BCUT2D eigenvalue weighted by atomic mass is 35.5. The predicted octanol–water partition coefficient (Wildman–Crippen LogP) is 4.10. The molecule has 0 saturated heterocycles. The molecule has 2 aromatic rings. The molecule has 0 radical (unpaired) electrons. The number of carbonyl (C=O) groups is 1. The number of rotatable bonds is 6. The van der Waals surface area contributed by atoms with Crippen LogP contribution >= 0.6 is 11.6 Å². The third-order valence-electron chi connectivity index (χ3n) is 3.74. The van der Waals surface area contributed by atoms with Gasteiger partial charge < -0.3 is 4.74 Å². The number of hydrogen-bond donors (Lipinski definition) is 0. The van der Waals surface area contributed by atoms with Crippen molar-refractivity contribution in [2.45, 2.75) is 47.3 Å². The standard InChI is InChI=1S/C18H23ClN2O2/c1-12(2)10-21-14(4)16(13(3)20-21)9-18(22)23-11-15-7-5-6-8-17(15)19/h5-8,12H,9-11H2,1-4H3. The highest BCUT2D eigenvalue weighted by molar-refractivity contribution is 6.31. The maximum atomic E-state index is 12.1. The lowest BCUT2D eigenvalue weighted by molar-refractivity contribution is -0.144. The van der Waals surface area contributed by atoms with Crippen molar-refractivity contribution >= 4 is 17.6 Å². The smallest absolute Gasteiger partial charge is 0.310 e. The molecule has 4 nitrogen and oxygen atoms in total. The molecule has 124 valence electrons. The minimum atomic E-state index is -0.264. The number of hydrogen-bond acceptors (Lipinski definition) is 3. The fraction of sp³-hybridized carbons (Fsp3) is 0.444. The van der Waals surface area contributed by atoms with Crippen molar-refractivity contribution in [1.82, 2.24) is 9.78 Å². The Hall–Kier alpha value is -1.81. The van der Waals surface area contributed by atoms with Gasteiger partial charge in [0, 0.05) is 28.4 Å². The van der Waals surface area contributed by atoms with Crippen LogP contribution in [0.1, 0.15) is 36.4 Å². The van der Waals surface area contributed by atoms with Crippen LogP contribution in [0.3, 0.4) is 0 Å². The number of aromatic nitrogens is 2. The number of halogens is 1. The summed E-state index contributed by atoms with van der Waals surface area (Å²) in [7, 11) is 0. The van der Waals surface area contributed by atoms with Gasteiger partial charge in [-0.1, -0.05) is 43.6 Å². The Balaban J connectivity index is 2.00. The third-order valence-corrected chi connectivity index (χ3v) is 4.11. The third kappa shape index (κ3) is 4.58. The zero-order valence-electron chi connectivity index (χ0n) is 14.1. The number of benzene rings is 1.